The zero-order chi connectivity index (χ0) is 29.1. The van der Waals surface area contributed by atoms with Crippen molar-refractivity contribution in [3.05, 3.63) is 41.1 Å². The fraction of sp³-hybridized carbons (Fsp3) is 0.536. The van der Waals surface area contributed by atoms with Gasteiger partial charge >= 0.3 is 6.09 Å². The predicted octanol–water partition coefficient (Wildman–Crippen LogP) is 3.91. The number of fused-ring (bicyclic) bond motifs is 1. The summed E-state index contributed by atoms with van der Waals surface area (Å²) < 4.78 is 13.0. The van der Waals surface area contributed by atoms with E-state index in [4.69, 9.17) is 14.5 Å². The van der Waals surface area contributed by atoms with E-state index in [2.05, 4.69) is 20.6 Å². The molecule has 12 heteroatoms. The molecule has 0 aromatic carbocycles. The standard InChI is InChI=1S/C28H39N7O5/c1-27(2,3)33-24-23-18(7-10-34(13-14-36)25(23)37)15-21(32-24)31-20-16-22(30-17-29-20)39-19-8-11-35(12-9-19)26(38)40-28(4,5)6/h7,10,15-17,19,36H,8-9,11-14H2,1-6H3,(H2,29,30,31,32,33). The average Bonchev–Trinajstić information content (AvgIpc) is 2.84. The number of aromatic nitrogens is 4. The number of likely N-dealkylation sites (tertiary alicyclic amines) is 1. The van der Waals surface area contributed by atoms with Gasteiger partial charge in [0.1, 0.15) is 35.5 Å². The number of nitrogens with zero attached hydrogens (tertiary/aromatic N) is 5. The molecule has 3 aromatic heterocycles. The van der Waals surface area contributed by atoms with Crippen LogP contribution in [0.5, 0.6) is 5.88 Å². The van der Waals surface area contributed by atoms with Gasteiger partial charge in [-0.2, -0.15) is 0 Å². The van der Waals surface area contributed by atoms with Crippen molar-refractivity contribution in [2.24, 2.45) is 0 Å². The number of ether oxygens (including phenoxy) is 2. The Hall–Kier alpha value is -3.93. The molecule has 0 aliphatic carbocycles. The number of hydrogen-bond donors (Lipinski definition) is 3. The van der Waals surface area contributed by atoms with E-state index in [1.54, 1.807) is 23.2 Å². The normalized spacial score (nSPS) is 14.7. The lowest BCUT2D eigenvalue weighted by molar-refractivity contribution is 0.0123. The maximum absolute atomic E-state index is 13.1. The van der Waals surface area contributed by atoms with Gasteiger partial charge in [-0.15, -0.1) is 0 Å². The number of aliphatic hydroxyl groups is 1. The van der Waals surface area contributed by atoms with Gasteiger partial charge in [0.05, 0.1) is 12.0 Å². The number of nitrogens with one attached hydrogen (secondary N) is 2. The van der Waals surface area contributed by atoms with Crippen molar-refractivity contribution in [1.29, 1.82) is 0 Å². The van der Waals surface area contributed by atoms with Gasteiger partial charge in [0, 0.05) is 50.3 Å². The van der Waals surface area contributed by atoms with Gasteiger partial charge in [-0.05, 0) is 59.1 Å². The Balaban J connectivity index is 1.49. The maximum atomic E-state index is 13.1. The summed E-state index contributed by atoms with van der Waals surface area (Å²) in [5.74, 6) is 1.83. The minimum Gasteiger partial charge on any atom is -0.474 e. The Bertz CT molecular complexity index is 1400. The van der Waals surface area contributed by atoms with Gasteiger partial charge in [0.25, 0.3) is 5.56 Å². The van der Waals surface area contributed by atoms with E-state index in [-0.39, 0.29) is 36.4 Å². The van der Waals surface area contributed by atoms with Crippen molar-refractivity contribution in [3.63, 3.8) is 0 Å². The molecule has 12 nitrogen and oxygen atoms in total. The molecule has 3 aromatic rings. The lowest BCUT2D eigenvalue weighted by Gasteiger charge is -2.33. The minimum atomic E-state index is -0.530. The van der Waals surface area contributed by atoms with Crippen molar-refractivity contribution in [2.75, 3.05) is 30.3 Å². The number of rotatable bonds is 7. The molecule has 1 saturated heterocycles. The van der Waals surface area contributed by atoms with Gasteiger partial charge in [-0.1, -0.05) is 0 Å². The smallest absolute Gasteiger partial charge is 0.410 e. The number of carbonyl (C=O) groups excluding carboxylic acids is 1. The Labute approximate surface area is 233 Å². The molecule has 0 unspecified atom stereocenters. The van der Waals surface area contributed by atoms with E-state index >= 15 is 0 Å². The first kappa shape index (κ1) is 29.1. The van der Waals surface area contributed by atoms with E-state index in [0.29, 0.717) is 60.0 Å². The van der Waals surface area contributed by atoms with E-state index in [0.717, 1.165) is 0 Å². The van der Waals surface area contributed by atoms with Crippen LogP contribution in [0.25, 0.3) is 10.8 Å². The Kier molecular flexibility index (Phi) is 8.48. The predicted molar refractivity (Wildman–Crippen MR) is 153 cm³/mol. The number of pyridine rings is 2. The molecule has 40 heavy (non-hydrogen) atoms. The van der Waals surface area contributed by atoms with Gasteiger partial charge in [0.15, 0.2) is 0 Å². The molecule has 0 bridgehead atoms. The van der Waals surface area contributed by atoms with Crippen molar-refractivity contribution in [3.8, 4) is 5.88 Å². The van der Waals surface area contributed by atoms with Gasteiger partial charge in [-0.25, -0.2) is 19.7 Å². The lowest BCUT2D eigenvalue weighted by Crippen LogP contribution is -2.44. The molecule has 1 amide bonds. The molecular formula is C28H39N7O5. The fourth-order valence-corrected chi connectivity index (χ4v) is 4.35. The van der Waals surface area contributed by atoms with Gasteiger partial charge < -0.3 is 34.7 Å². The summed E-state index contributed by atoms with van der Waals surface area (Å²) in [6.07, 6.45) is 3.99. The molecular weight excluding hydrogens is 514 g/mol. The third kappa shape index (κ3) is 7.59. The molecule has 4 rings (SSSR count). The molecule has 216 valence electrons. The minimum absolute atomic E-state index is 0.0936. The van der Waals surface area contributed by atoms with Crippen LogP contribution in [-0.4, -0.2) is 72.6 Å². The highest BCUT2D eigenvalue weighted by atomic mass is 16.6. The van der Waals surface area contributed by atoms with E-state index in [9.17, 15) is 14.7 Å². The first-order chi connectivity index (χ1) is 18.8. The number of hydrogen-bond acceptors (Lipinski definition) is 10. The van der Waals surface area contributed by atoms with Crippen LogP contribution in [0.2, 0.25) is 0 Å². The summed E-state index contributed by atoms with van der Waals surface area (Å²) in [6.45, 7) is 12.7. The van der Waals surface area contributed by atoms with E-state index in [1.165, 1.54) is 10.9 Å². The topological polar surface area (TPSA) is 144 Å². The van der Waals surface area contributed by atoms with Crippen LogP contribution >= 0.6 is 0 Å². The van der Waals surface area contributed by atoms with Gasteiger partial charge in [-0.3, -0.25) is 4.79 Å². The third-order valence-corrected chi connectivity index (χ3v) is 6.07. The summed E-state index contributed by atoms with van der Waals surface area (Å²) in [6, 6.07) is 5.30. The second-order valence-electron chi connectivity index (χ2n) is 11.9. The van der Waals surface area contributed by atoms with Crippen molar-refractivity contribution in [1.82, 2.24) is 24.4 Å². The van der Waals surface area contributed by atoms with E-state index < -0.39 is 5.60 Å². The monoisotopic (exact) mass is 553 g/mol. The van der Waals surface area contributed by atoms with Crippen LogP contribution in [0.3, 0.4) is 0 Å². The number of carbonyl (C=O) groups is 1. The highest BCUT2D eigenvalue weighted by molar-refractivity contribution is 5.93. The second kappa shape index (κ2) is 11.7. The highest BCUT2D eigenvalue weighted by Crippen LogP contribution is 2.27. The number of aliphatic hydroxyl groups excluding tert-OH is 1. The summed E-state index contributed by atoms with van der Waals surface area (Å²) in [5, 5.41) is 17.0. The molecule has 3 N–H and O–H groups in total. The van der Waals surface area contributed by atoms with Crippen molar-refractivity contribution in [2.45, 2.75) is 78.2 Å². The van der Waals surface area contributed by atoms with Crippen LogP contribution in [-0.2, 0) is 11.3 Å². The zero-order valence-corrected chi connectivity index (χ0v) is 24.0. The highest BCUT2D eigenvalue weighted by Gasteiger charge is 2.28. The molecule has 1 aliphatic heterocycles. The molecule has 0 saturated carbocycles. The van der Waals surface area contributed by atoms with Crippen LogP contribution in [0.4, 0.5) is 22.2 Å². The van der Waals surface area contributed by atoms with E-state index in [1.807, 2.05) is 47.6 Å². The Morgan fingerprint density at radius 3 is 2.48 bits per heavy atom. The van der Waals surface area contributed by atoms with Gasteiger partial charge in [0.2, 0.25) is 5.88 Å². The molecule has 1 fully saturated rings. The first-order valence-corrected chi connectivity index (χ1v) is 13.5. The number of anilines is 3. The number of piperidine rings is 1. The molecule has 1 aliphatic rings. The van der Waals surface area contributed by atoms with Crippen LogP contribution in [0.15, 0.2) is 35.5 Å². The first-order valence-electron chi connectivity index (χ1n) is 13.5. The summed E-state index contributed by atoms with van der Waals surface area (Å²) >= 11 is 0. The molecule has 0 radical (unpaired) electrons. The summed E-state index contributed by atoms with van der Waals surface area (Å²) in [5.41, 5.74) is -1.11. The summed E-state index contributed by atoms with van der Waals surface area (Å²) in [7, 11) is 0. The lowest BCUT2D eigenvalue weighted by atomic mass is 10.1. The van der Waals surface area contributed by atoms with Crippen molar-refractivity contribution >= 4 is 34.3 Å². The number of amides is 1. The SMILES string of the molecule is CC(C)(C)Nc1nc(Nc2cc(OC3CCN(C(=O)OC(C)(C)C)CC3)ncn2)cc2ccn(CCO)c(=O)c12. The fourth-order valence-electron chi connectivity index (χ4n) is 4.35. The quantitative estimate of drug-likeness (QED) is 0.394. The Morgan fingerprint density at radius 2 is 1.82 bits per heavy atom. The largest absolute Gasteiger partial charge is 0.474 e. The molecule has 4 heterocycles. The van der Waals surface area contributed by atoms with Crippen LogP contribution in [0, 0.1) is 0 Å². The maximum Gasteiger partial charge on any atom is 0.410 e. The molecule has 0 atom stereocenters. The second-order valence-corrected chi connectivity index (χ2v) is 11.9. The molecule has 0 spiro atoms. The zero-order valence-electron chi connectivity index (χ0n) is 24.0. The van der Waals surface area contributed by atoms with Crippen molar-refractivity contribution < 1.29 is 19.4 Å². The summed E-state index contributed by atoms with van der Waals surface area (Å²) in [4.78, 5) is 40.4. The third-order valence-electron chi connectivity index (χ3n) is 6.07. The van der Waals surface area contributed by atoms with Crippen LogP contribution < -0.4 is 20.9 Å². The van der Waals surface area contributed by atoms with Crippen LogP contribution in [0.1, 0.15) is 54.4 Å². The average molecular weight is 554 g/mol. The Morgan fingerprint density at radius 1 is 1.10 bits per heavy atom.